The minimum absolute atomic E-state index is 0.0381. The van der Waals surface area contributed by atoms with E-state index in [-0.39, 0.29) is 11.7 Å². The highest BCUT2D eigenvalue weighted by Gasteiger charge is 2.03. The Labute approximate surface area is 178 Å². The number of nitrogens with one attached hydrogen (secondary N) is 1. The van der Waals surface area contributed by atoms with Gasteiger partial charge in [-0.25, -0.2) is 0 Å². The molecule has 1 N–H and O–H groups in total. The molecule has 0 aliphatic carbocycles. The molecule has 0 heterocycles. The first-order valence-electron chi connectivity index (χ1n) is 11.7. The van der Waals surface area contributed by atoms with E-state index in [1.54, 1.807) is 31.2 Å². The lowest BCUT2D eigenvalue weighted by atomic mass is 10.1. The summed E-state index contributed by atoms with van der Waals surface area (Å²) in [6.07, 6.45) is 21.6. The number of amides is 1. The molecule has 0 unspecified atom stereocenters. The third-order valence-electron chi connectivity index (χ3n) is 5.24. The summed E-state index contributed by atoms with van der Waals surface area (Å²) in [7, 11) is 0. The van der Waals surface area contributed by atoms with E-state index in [9.17, 15) is 9.59 Å². The first-order valence-corrected chi connectivity index (χ1v) is 11.7. The molecular weight excluding hydrogens is 358 g/mol. The largest absolute Gasteiger partial charge is 0.326 e. The van der Waals surface area contributed by atoms with E-state index in [0.717, 1.165) is 18.5 Å². The molecule has 0 aliphatic rings. The zero-order valence-electron chi connectivity index (χ0n) is 18.7. The molecule has 162 valence electrons. The molecule has 3 nitrogen and oxygen atoms in total. The van der Waals surface area contributed by atoms with Crippen molar-refractivity contribution in [3.8, 4) is 0 Å². The molecule has 0 aliphatic heterocycles. The summed E-state index contributed by atoms with van der Waals surface area (Å²) in [6.45, 7) is 3.80. The van der Waals surface area contributed by atoms with Crippen LogP contribution in [0.1, 0.15) is 114 Å². The monoisotopic (exact) mass is 399 g/mol. The van der Waals surface area contributed by atoms with Gasteiger partial charge in [-0.1, -0.05) is 70.4 Å². The van der Waals surface area contributed by atoms with Crippen molar-refractivity contribution in [2.24, 2.45) is 0 Å². The summed E-state index contributed by atoms with van der Waals surface area (Å²) in [5, 5.41) is 2.90. The van der Waals surface area contributed by atoms with Gasteiger partial charge in [0, 0.05) is 17.7 Å². The predicted molar refractivity (Wildman–Crippen MR) is 125 cm³/mol. The molecule has 0 saturated carbocycles. The van der Waals surface area contributed by atoms with Crippen LogP contribution in [0.2, 0.25) is 0 Å². The molecule has 0 fully saturated rings. The second-order valence-electron chi connectivity index (χ2n) is 8.02. The van der Waals surface area contributed by atoms with Crippen molar-refractivity contribution in [3.63, 3.8) is 0 Å². The SMILES string of the molecule is CCCCCCCC/C=C\CCCCCCCC(=O)Nc1ccc(C(C)=O)cc1. The Balaban J connectivity index is 1.93. The minimum Gasteiger partial charge on any atom is -0.326 e. The number of Topliss-reactive ketones (excluding diaryl/α,β-unsaturated/α-hetero) is 1. The van der Waals surface area contributed by atoms with Gasteiger partial charge < -0.3 is 5.32 Å². The number of carbonyl (C=O) groups excluding carboxylic acids is 2. The molecule has 0 bridgehead atoms. The number of rotatable bonds is 17. The van der Waals surface area contributed by atoms with Crippen molar-refractivity contribution < 1.29 is 9.59 Å². The highest BCUT2D eigenvalue weighted by atomic mass is 16.1. The van der Waals surface area contributed by atoms with Crippen molar-refractivity contribution in [2.45, 2.75) is 104 Å². The second kappa shape index (κ2) is 17.0. The van der Waals surface area contributed by atoms with Gasteiger partial charge in [-0.3, -0.25) is 9.59 Å². The van der Waals surface area contributed by atoms with Crippen molar-refractivity contribution >= 4 is 17.4 Å². The number of benzene rings is 1. The number of anilines is 1. The second-order valence-corrected chi connectivity index (χ2v) is 8.02. The van der Waals surface area contributed by atoms with E-state index in [4.69, 9.17) is 0 Å². The number of carbonyl (C=O) groups is 2. The van der Waals surface area contributed by atoms with Gasteiger partial charge in [0.1, 0.15) is 0 Å². The van der Waals surface area contributed by atoms with Gasteiger partial charge in [0.15, 0.2) is 5.78 Å². The third kappa shape index (κ3) is 13.8. The molecule has 3 heteroatoms. The highest BCUT2D eigenvalue weighted by Crippen LogP contribution is 2.13. The summed E-state index contributed by atoms with van der Waals surface area (Å²) in [6, 6.07) is 7.07. The molecule has 1 rings (SSSR count). The summed E-state index contributed by atoms with van der Waals surface area (Å²) >= 11 is 0. The van der Waals surface area contributed by atoms with E-state index in [1.807, 2.05) is 0 Å². The van der Waals surface area contributed by atoms with Crippen LogP contribution in [0.3, 0.4) is 0 Å². The summed E-state index contributed by atoms with van der Waals surface area (Å²) < 4.78 is 0. The van der Waals surface area contributed by atoms with Gasteiger partial charge in [0.2, 0.25) is 5.91 Å². The molecule has 0 radical (unpaired) electrons. The molecule has 0 saturated heterocycles. The first-order chi connectivity index (χ1) is 14.1. The molecule has 1 aromatic rings. The average Bonchev–Trinajstić information content (AvgIpc) is 2.71. The average molecular weight is 400 g/mol. The van der Waals surface area contributed by atoms with Crippen molar-refractivity contribution in [2.75, 3.05) is 5.32 Å². The maximum absolute atomic E-state index is 12.0. The van der Waals surface area contributed by atoms with Crippen LogP contribution < -0.4 is 5.32 Å². The lowest BCUT2D eigenvalue weighted by Gasteiger charge is -2.06. The first kappa shape index (κ1) is 25.1. The standard InChI is InChI=1S/C26H41NO2/c1-3-4-5-6-7-8-9-10-11-12-13-14-15-16-17-18-26(29)27-25-21-19-24(20-22-25)23(2)28/h10-11,19-22H,3-9,12-18H2,1-2H3,(H,27,29)/b11-10-. The number of unbranched alkanes of at least 4 members (excludes halogenated alkanes) is 11. The maximum Gasteiger partial charge on any atom is 0.224 e. The molecule has 1 aromatic carbocycles. The molecule has 0 atom stereocenters. The van der Waals surface area contributed by atoms with Crippen LogP contribution in [-0.2, 0) is 4.79 Å². The van der Waals surface area contributed by atoms with Crippen LogP contribution in [0.15, 0.2) is 36.4 Å². The van der Waals surface area contributed by atoms with Gasteiger partial charge in [0.25, 0.3) is 0 Å². The topological polar surface area (TPSA) is 46.2 Å². The highest BCUT2D eigenvalue weighted by molar-refractivity contribution is 5.95. The zero-order chi connectivity index (χ0) is 21.2. The fraction of sp³-hybridized carbons (Fsp3) is 0.615. The van der Waals surface area contributed by atoms with Crippen molar-refractivity contribution in [1.82, 2.24) is 0 Å². The number of hydrogen-bond donors (Lipinski definition) is 1. The predicted octanol–water partition coefficient (Wildman–Crippen LogP) is 7.87. The molecular formula is C26H41NO2. The molecule has 29 heavy (non-hydrogen) atoms. The third-order valence-corrected chi connectivity index (χ3v) is 5.24. The van der Waals surface area contributed by atoms with Gasteiger partial charge in [-0.2, -0.15) is 0 Å². The van der Waals surface area contributed by atoms with Crippen LogP contribution in [0, 0.1) is 0 Å². The normalized spacial score (nSPS) is 11.1. The van der Waals surface area contributed by atoms with E-state index in [1.165, 1.54) is 70.6 Å². The minimum atomic E-state index is 0.0381. The number of hydrogen-bond acceptors (Lipinski definition) is 2. The van der Waals surface area contributed by atoms with E-state index >= 15 is 0 Å². The van der Waals surface area contributed by atoms with Crippen LogP contribution >= 0.6 is 0 Å². The van der Waals surface area contributed by atoms with E-state index < -0.39 is 0 Å². The van der Waals surface area contributed by atoms with E-state index in [2.05, 4.69) is 24.4 Å². The lowest BCUT2D eigenvalue weighted by Crippen LogP contribution is -2.11. The van der Waals surface area contributed by atoms with Gasteiger partial charge >= 0.3 is 0 Å². The Morgan fingerprint density at radius 2 is 1.28 bits per heavy atom. The molecule has 1 amide bonds. The Bertz CT molecular complexity index is 589. The molecule has 0 aromatic heterocycles. The maximum atomic E-state index is 12.0. The van der Waals surface area contributed by atoms with E-state index in [0.29, 0.717) is 12.0 Å². The van der Waals surface area contributed by atoms with Crippen LogP contribution in [0.4, 0.5) is 5.69 Å². The van der Waals surface area contributed by atoms with Crippen molar-refractivity contribution in [3.05, 3.63) is 42.0 Å². The summed E-state index contributed by atoms with van der Waals surface area (Å²) in [4.78, 5) is 23.2. The Morgan fingerprint density at radius 3 is 1.83 bits per heavy atom. The van der Waals surface area contributed by atoms with Crippen LogP contribution in [0.25, 0.3) is 0 Å². The number of ketones is 1. The fourth-order valence-electron chi connectivity index (χ4n) is 3.37. The number of allylic oxidation sites excluding steroid dienone is 2. The Hall–Kier alpha value is -1.90. The summed E-state index contributed by atoms with van der Waals surface area (Å²) in [5.41, 5.74) is 1.42. The zero-order valence-corrected chi connectivity index (χ0v) is 18.7. The lowest BCUT2D eigenvalue weighted by molar-refractivity contribution is -0.116. The van der Waals surface area contributed by atoms with Gasteiger partial charge in [0.05, 0.1) is 0 Å². The smallest absolute Gasteiger partial charge is 0.224 e. The Kier molecular flexibility index (Phi) is 14.7. The summed E-state index contributed by atoms with van der Waals surface area (Å²) in [5.74, 6) is 0.0920. The van der Waals surface area contributed by atoms with Gasteiger partial charge in [-0.15, -0.1) is 0 Å². The fourth-order valence-corrected chi connectivity index (χ4v) is 3.37. The van der Waals surface area contributed by atoms with Gasteiger partial charge in [-0.05, 0) is 63.3 Å². The quantitative estimate of drug-likeness (QED) is 0.164. The Morgan fingerprint density at radius 1 is 0.759 bits per heavy atom. The van der Waals surface area contributed by atoms with Crippen molar-refractivity contribution in [1.29, 1.82) is 0 Å². The van der Waals surface area contributed by atoms with Crippen LogP contribution in [-0.4, -0.2) is 11.7 Å². The van der Waals surface area contributed by atoms with Crippen LogP contribution in [0.5, 0.6) is 0 Å². The molecule has 0 spiro atoms.